The second-order valence-corrected chi connectivity index (χ2v) is 7.16. The summed E-state index contributed by atoms with van der Waals surface area (Å²) in [6.07, 6.45) is -5.03. The van der Waals surface area contributed by atoms with Crippen molar-refractivity contribution in [1.29, 1.82) is 0 Å². The number of rotatable bonds is 4. The number of amides is 1. The molecule has 25 heavy (non-hydrogen) atoms. The molecule has 10 heteroatoms. The average Bonchev–Trinajstić information content (AvgIpc) is 2.49. The quantitative estimate of drug-likeness (QED) is 0.827. The molecule has 0 saturated heterocycles. The summed E-state index contributed by atoms with van der Waals surface area (Å²) in [7, 11) is -3.95. The first-order valence-electron chi connectivity index (χ1n) is 6.76. The molecule has 5 nitrogen and oxygen atoms in total. The van der Waals surface area contributed by atoms with Gasteiger partial charge in [-0.25, -0.2) is 8.42 Å². The maximum absolute atomic E-state index is 12.3. The number of halogens is 4. The van der Waals surface area contributed by atoms with Gasteiger partial charge in [0.2, 0.25) is 0 Å². The first-order valence-corrected chi connectivity index (χ1v) is 8.62. The maximum atomic E-state index is 12.3. The second kappa shape index (κ2) is 6.93. The van der Waals surface area contributed by atoms with E-state index >= 15 is 0 Å². The van der Waals surface area contributed by atoms with E-state index in [1.807, 2.05) is 0 Å². The minimum atomic E-state index is -5.03. The molecule has 0 heterocycles. The van der Waals surface area contributed by atoms with Crippen molar-refractivity contribution < 1.29 is 26.4 Å². The van der Waals surface area contributed by atoms with Gasteiger partial charge in [-0.05, 0) is 55.0 Å². The van der Waals surface area contributed by atoms with Crippen LogP contribution >= 0.6 is 11.6 Å². The number of hydrogen-bond acceptors (Lipinski definition) is 3. The molecule has 2 rings (SSSR count). The Balaban J connectivity index is 2.19. The lowest BCUT2D eigenvalue weighted by atomic mass is 10.2. The molecule has 0 radical (unpaired) electrons. The predicted octanol–water partition coefficient (Wildman–Crippen LogP) is 3.95. The van der Waals surface area contributed by atoms with Crippen molar-refractivity contribution in [2.75, 3.05) is 10.0 Å². The number of alkyl halides is 3. The van der Waals surface area contributed by atoms with Crippen molar-refractivity contribution in [3.63, 3.8) is 0 Å². The van der Waals surface area contributed by atoms with Gasteiger partial charge < -0.3 is 5.32 Å². The molecule has 1 amide bonds. The molecule has 0 atom stereocenters. The van der Waals surface area contributed by atoms with Crippen LogP contribution in [0.4, 0.5) is 24.5 Å². The Morgan fingerprint density at radius 1 is 1.08 bits per heavy atom. The molecule has 2 aromatic carbocycles. The third kappa shape index (κ3) is 4.86. The zero-order valence-corrected chi connectivity index (χ0v) is 14.3. The monoisotopic (exact) mass is 392 g/mol. The third-order valence-corrected chi connectivity index (χ3v) is 4.73. The zero-order valence-electron chi connectivity index (χ0n) is 12.7. The molecule has 0 bridgehead atoms. The highest BCUT2D eigenvalue weighted by atomic mass is 35.5. The van der Waals surface area contributed by atoms with Crippen LogP contribution in [0.15, 0.2) is 47.4 Å². The van der Waals surface area contributed by atoms with Gasteiger partial charge in [0, 0.05) is 10.7 Å². The summed E-state index contributed by atoms with van der Waals surface area (Å²) in [6, 6.07) is 8.88. The minimum absolute atomic E-state index is 0.174. The molecule has 0 saturated carbocycles. The Morgan fingerprint density at radius 2 is 1.68 bits per heavy atom. The number of aryl methyl sites for hydroxylation is 1. The van der Waals surface area contributed by atoms with Crippen LogP contribution in [0, 0.1) is 6.92 Å². The van der Waals surface area contributed by atoms with E-state index in [2.05, 4.69) is 4.72 Å². The smallest absolute Gasteiger partial charge is 0.318 e. The van der Waals surface area contributed by atoms with Crippen LogP contribution in [0.1, 0.15) is 5.56 Å². The number of carbonyl (C=O) groups excluding carboxylic acids is 1. The first kappa shape index (κ1) is 19.1. The summed E-state index contributed by atoms with van der Waals surface area (Å²) >= 11 is 5.80. The molecule has 0 aliphatic carbocycles. The Labute approximate surface area is 146 Å². The van der Waals surface area contributed by atoms with Gasteiger partial charge in [-0.15, -0.1) is 0 Å². The first-order chi connectivity index (χ1) is 11.5. The minimum Gasteiger partial charge on any atom is -0.318 e. The SMILES string of the molecule is Cc1cc(Cl)ccc1NS(=O)(=O)c1ccc(NC(=O)C(F)(F)F)cc1. The number of anilines is 2. The maximum Gasteiger partial charge on any atom is 0.471 e. The molecule has 0 aromatic heterocycles. The number of sulfonamides is 1. The molecule has 134 valence electrons. The lowest BCUT2D eigenvalue weighted by Gasteiger charge is -2.12. The highest BCUT2D eigenvalue weighted by molar-refractivity contribution is 7.92. The van der Waals surface area contributed by atoms with E-state index in [9.17, 15) is 26.4 Å². The largest absolute Gasteiger partial charge is 0.471 e. The van der Waals surface area contributed by atoms with E-state index in [-0.39, 0.29) is 10.6 Å². The van der Waals surface area contributed by atoms with Crippen molar-refractivity contribution in [1.82, 2.24) is 0 Å². The fraction of sp³-hybridized carbons (Fsp3) is 0.133. The van der Waals surface area contributed by atoms with Crippen LogP contribution in [0.25, 0.3) is 0 Å². The summed E-state index contributed by atoms with van der Waals surface area (Å²) in [4.78, 5) is 10.7. The fourth-order valence-electron chi connectivity index (χ4n) is 1.86. The Hall–Kier alpha value is -2.26. The summed E-state index contributed by atoms with van der Waals surface area (Å²) in [5, 5.41) is 2.08. The van der Waals surface area contributed by atoms with Crippen LogP contribution in [0.3, 0.4) is 0 Å². The Morgan fingerprint density at radius 3 is 2.20 bits per heavy atom. The van der Waals surface area contributed by atoms with E-state index in [1.165, 1.54) is 12.1 Å². The molecule has 0 spiro atoms. The van der Waals surface area contributed by atoms with E-state index in [4.69, 9.17) is 11.6 Å². The highest BCUT2D eigenvalue weighted by Crippen LogP contribution is 2.24. The lowest BCUT2D eigenvalue weighted by Crippen LogP contribution is -2.29. The van der Waals surface area contributed by atoms with E-state index in [0.29, 0.717) is 16.3 Å². The van der Waals surface area contributed by atoms with Crippen LogP contribution < -0.4 is 10.0 Å². The molecule has 0 aliphatic heterocycles. The van der Waals surface area contributed by atoms with Gasteiger partial charge in [0.05, 0.1) is 10.6 Å². The summed E-state index contributed by atoms with van der Waals surface area (Å²) < 4.78 is 63.6. The average molecular weight is 393 g/mol. The van der Waals surface area contributed by atoms with Gasteiger partial charge >= 0.3 is 12.1 Å². The van der Waals surface area contributed by atoms with Crippen LogP contribution in [-0.4, -0.2) is 20.5 Å². The van der Waals surface area contributed by atoms with Crippen molar-refractivity contribution in [3.05, 3.63) is 53.1 Å². The van der Waals surface area contributed by atoms with Crippen molar-refractivity contribution in [2.45, 2.75) is 18.0 Å². The lowest BCUT2D eigenvalue weighted by molar-refractivity contribution is -0.167. The summed E-state index contributed by atoms with van der Waals surface area (Å²) in [5.74, 6) is -2.14. The van der Waals surface area contributed by atoms with Crippen molar-refractivity contribution >= 4 is 38.9 Å². The van der Waals surface area contributed by atoms with Crippen LogP contribution in [-0.2, 0) is 14.8 Å². The fourth-order valence-corrected chi connectivity index (χ4v) is 3.22. The van der Waals surface area contributed by atoms with E-state index < -0.39 is 22.1 Å². The Bertz CT molecular complexity index is 897. The van der Waals surface area contributed by atoms with Gasteiger partial charge in [-0.3, -0.25) is 9.52 Å². The molecular formula is C15H12ClF3N2O3S. The normalized spacial score (nSPS) is 11.9. The number of benzene rings is 2. The molecule has 0 fully saturated rings. The van der Waals surface area contributed by atoms with Crippen LogP contribution in [0.2, 0.25) is 5.02 Å². The standard InChI is InChI=1S/C15H12ClF3N2O3S/c1-9-8-10(16)2-7-13(9)21-25(23,24)12-5-3-11(4-6-12)20-14(22)15(17,18)19/h2-8,21H,1H3,(H,20,22). The van der Waals surface area contributed by atoms with Crippen molar-refractivity contribution in [2.24, 2.45) is 0 Å². The van der Waals surface area contributed by atoms with Crippen LogP contribution in [0.5, 0.6) is 0 Å². The molecule has 2 N–H and O–H groups in total. The van der Waals surface area contributed by atoms with E-state index in [0.717, 1.165) is 24.3 Å². The predicted molar refractivity (Wildman–Crippen MR) is 88.1 cm³/mol. The van der Waals surface area contributed by atoms with Gasteiger partial charge in [-0.2, -0.15) is 13.2 Å². The summed E-state index contributed by atoms with van der Waals surface area (Å²) in [5.41, 5.74) is 0.743. The van der Waals surface area contributed by atoms with Crippen molar-refractivity contribution in [3.8, 4) is 0 Å². The van der Waals surface area contributed by atoms with Gasteiger partial charge in [0.1, 0.15) is 0 Å². The van der Waals surface area contributed by atoms with E-state index in [1.54, 1.807) is 18.3 Å². The third-order valence-electron chi connectivity index (χ3n) is 3.11. The number of carbonyl (C=O) groups is 1. The summed E-state index contributed by atoms with van der Waals surface area (Å²) in [6.45, 7) is 1.67. The van der Waals surface area contributed by atoms with Gasteiger partial charge in [0.15, 0.2) is 0 Å². The highest BCUT2D eigenvalue weighted by Gasteiger charge is 2.38. The number of hydrogen-bond donors (Lipinski definition) is 2. The molecule has 2 aromatic rings. The number of nitrogens with one attached hydrogen (secondary N) is 2. The van der Waals surface area contributed by atoms with Gasteiger partial charge in [-0.1, -0.05) is 11.6 Å². The molecule has 0 aliphatic rings. The zero-order chi connectivity index (χ0) is 18.8. The molecule has 0 unspecified atom stereocenters. The topological polar surface area (TPSA) is 75.3 Å². The molecular weight excluding hydrogens is 381 g/mol. The second-order valence-electron chi connectivity index (χ2n) is 5.04. The van der Waals surface area contributed by atoms with Gasteiger partial charge in [0.25, 0.3) is 10.0 Å². The Kier molecular flexibility index (Phi) is 5.28.